The molecule has 21 heavy (non-hydrogen) atoms. The first-order chi connectivity index (χ1) is 10.2. The summed E-state index contributed by atoms with van der Waals surface area (Å²) >= 11 is -0.598. The van der Waals surface area contributed by atoms with E-state index < -0.39 is 20.4 Å². The van der Waals surface area contributed by atoms with E-state index in [4.69, 9.17) is 9.47 Å². The van der Waals surface area contributed by atoms with Crippen LogP contribution in [-0.4, -0.2) is 34.7 Å². The zero-order chi connectivity index (χ0) is 14.8. The van der Waals surface area contributed by atoms with Gasteiger partial charge in [0.15, 0.2) is 0 Å². The van der Waals surface area contributed by atoms with Crippen molar-refractivity contribution in [3.63, 3.8) is 0 Å². The third-order valence-electron chi connectivity index (χ3n) is 3.31. The number of fused-ring (bicyclic) bond motifs is 1. The summed E-state index contributed by atoms with van der Waals surface area (Å²) in [5, 5.41) is 0.815. The second kappa shape index (κ2) is 5.93. The van der Waals surface area contributed by atoms with Gasteiger partial charge in [-0.05, 0) is 0 Å². The Labute approximate surface area is 132 Å². The molecule has 1 heterocycles. The number of hydrogen-bond acceptors (Lipinski definition) is 3. The molecule has 0 saturated carbocycles. The molecule has 0 aliphatic carbocycles. The Hall–Kier alpha value is -1.76. The van der Waals surface area contributed by atoms with Crippen LogP contribution in [0.3, 0.4) is 0 Å². The summed E-state index contributed by atoms with van der Waals surface area (Å²) in [5.41, 5.74) is 1.18. The van der Waals surface area contributed by atoms with E-state index in [1.807, 2.05) is 42.5 Å². The van der Waals surface area contributed by atoms with Crippen molar-refractivity contribution in [2.75, 3.05) is 14.2 Å². The molecule has 3 rings (SSSR count). The molecular formula is C17H14O3Te. The maximum absolute atomic E-state index is 12.3. The third kappa shape index (κ3) is 2.83. The van der Waals surface area contributed by atoms with Crippen LogP contribution in [-0.2, 0) is 0 Å². The molecule has 3 nitrogen and oxygen atoms in total. The fourth-order valence-electron chi connectivity index (χ4n) is 2.16. The van der Waals surface area contributed by atoms with Gasteiger partial charge in [-0.2, -0.15) is 0 Å². The first-order valence-electron chi connectivity index (χ1n) is 6.47. The van der Waals surface area contributed by atoms with Crippen molar-refractivity contribution in [1.29, 1.82) is 0 Å². The Morgan fingerprint density at radius 3 is 2.19 bits per heavy atom. The Bertz CT molecular complexity index is 835. The molecule has 0 spiro atoms. The van der Waals surface area contributed by atoms with Gasteiger partial charge in [0, 0.05) is 0 Å². The normalized spacial score (nSPS) is 10.6. The topological polar surface area (TPSA) is 35.5 Å². The second-order valence-corrected chi connectivity index (χ2v) is 7.66. The van der Waals surface area contributed by atoms with Crippen LogP contribution in [0, 0.1) is 0 Å². The first-order valence-corrected chi connectivity index (χ1v) is 8.80. The predicted molar refractivity (Wildman–Crippen MR) is 85.7 cm³/mol. The van der Waals surface area contributed by atoms with E-state index in [9.17, 15) is 4.79 Å². The van der Waals surface area contributed by atoms with Crippen LogP contribution >= 0.6 is 0 Å². The van der Waals surface area contributed by atoms with E-state index in [1.54, 1.807) is 20.3 Å². The number of methoxy groups -OCH3 is 2. The van der Waals surface area contributed by atoms with Crippen molar-refractivity contribution in [2.45, 2.75) is 0 Å². The number of rotatable bonds is 3. The quantitative estimate of drug-likeness (QED) is 0.642. The molecular weight excluding hydrogens is 380 g/mol. The molecule has 0 radical (unpaired) electrons. The van der Waals surface area contributed by atoms with Crippen molar-refractivity contribution in [1.82, 2.24) is 0 Å². The van der Waals surface area contributed by atoms with Crippen molar-refractivity contribution in [3.05, 3.63) is 58.8 Å². The summed E-state index contributed by atoms with van der Waals surface area (Å²) in [7, 11) is 3.29. The average molecular weight is 394 g/mol. The molecule has 0 N–H and O–H groups in total. The van der Waals surface area contributed by atoms with E-state index in [0.29, 0.717) is 0 Å². The number of hydrogen-bond donors (Lipinski definition) is 0. The molecule has 0 aliphatic heterocycles. The summed E-state index contributed by atoms with van der Waals surface area (Å²) in [5.74, 6) is 1.63. The molecule has 0 amide bonds. The molecule has 0 aliphatic rings. The third-order valence-corrected chi connectivity index (χ3v) is 6.54. The molecule has 4 heteroatoms. The van der Waals surface area contributed by atoms with E-state index in [2.05, 4.69) is 0 Å². The summed E-state index contributed by atoms with van der Waals surface area (Å²) in [4.78, 5) is 12.3. The zero-order valence-corrected chi connectivity index (χ0v) is 14.1. The summed E-state index contributed by atoms with van der Waals surface area (Å²) < 4.78 is 12.7. The van der Waals surface area contributed by atoms with Crippen molar-refractivity contribution in [3.8, 4) is 20.6 Å². The summed E-state index contributed by atoms with van der Waals surface area (Å²) in [6, 6.07) is 15.3. The van der Waals surface area contributed by atoms with Gasteiger partial charge >= 0.3 is 132 Å². The van der Waals surface area contributed by atoms with Gasteiger partial charge < -0.3 is 0 Å². The van der Waals surface area contributed by atoms with Gasteiger partial charge in [0.05, 0.1) is 0 Å². The SMILES string of the molecule is COc1ccc(-c2cc(=O)c3ccc(OC)cc3[te]2)cc1. The maximum atomic E-state index is 12.3. The minimum atomic E-state index is -0.598. The average Bonchev–Trinajstić information content (AvgIpc) is 2.54. The van der Waals surface area contributed by atoms with Gasteiger partial charge in [-0.25, -0.2) is 0 Å². The fraction of sp³-hybridized carbons (Fsp3) is 0.118. The van der Waals surface area contributed by atoms with Gasteiger partial charge in [0.2, 0.25) is 0 Å². The molecule has 1 aromatic heterocycles. The van der Waals surface area contributed by atoms with Gasteiger partial charge in [0.1, 0.15) is 0 Å². The number of ether oxygens (including phenoxy) is 2. The van der Waals surface area contributed by atoms with E-state index in [1.165, 1.54) is 0 Å². The Morgan fingerprint density at radius 2 is 1.52 bits per heavy atom. The molecule has 0 saturated heterocycles. The molecule has 0 bridgehead atoms. The van der Waals surface area contributed by atoms with E-state index >= 15 is 0 Å². The Morgan fingerprint density at radius 1 is 0.857 bits per heavy atom. The molecule has 0 fully saturated rings. The zero-order valence-electron chi connectivity index (χ0n) is 11.8. The summed E-state index contributed by atoms with van der Waals surface area (Å²) in [6.07, 6.45) is 0. The van der Waals surface area contributed by atoms with Gasteiger partial charge in [-0.1, -0.05) is 0 Å². The van der Waals surface area contributed by atoms with Crippen molar-refractivity contribution >= 4 is 29.2 Å². The van der Waals surface area contributed by atoms with Crippen LogP contribution in [0.5, 0.6) is 11.5 Å². The second-order valence-electron chi connectivity index (χ2n) is 4.57. The van der Waals surface area contributed by atoms with Gasteiger partial charge in [-0.15, -0.1) is 0 Å². The Balaban J connectivity index is 2.15. The van der Waals surface area contributed by atoms with Crippen LogP contribution < -0.4 is 14.9 Å². The van der Waals surface area contributed by atoms with Crippen LogP contribution in [0.15, 0.2) is 53.3 Å². The van der Waals surface area contributed by atoms with Crippen molar-refractivity contribution in [2.24, 2.45) is 0 Å². The van der Waals surface area contributed by atoms with Gasteiger partial charge in [-0.3, -0.25) is 0 Å². The van der Waals surface area contributed by atoms with Crippen LogP contribution in [0.25, 0.3) is 17.9 Å². The summed E-state index contributed by atoms with van der Waals surface area (Å²) in [6.45, 7) is 0. The van der Waals surface area contributed by atoms with Crippen LogP contribution in [0.2, 0.25) is 0 Å². The van der Waals surface area contributed by atoms with Crippen LogP contribution in [0.1, 0.15) is 0 Å². The number of benzene rings is 2. The standard InChI is InChI=1S/C17H14O3Te/c1-19-12-5-3-11(4-6-12)16-10-15(18)14-8-7-13(20-2)9-17(14)21-16/h3-10H,1-2H3. The molecule has 3 aromatic rings. The molecule has 0 atom stereocenters. The minimum absolute atomic E-state index is 0.0785. The van der Waals surface area contributed by atoms with Crippen LogP contribution in [0.4, 0.5) is 0 Å². The van der Waals surface area contributed by atoms with Gasteiger partial charge in [0.25, 0.3) is 0 Å². The molecule has 0 unspecified atom stereocenters. The monoisotopic (exact) mass is 396 g/mol. The first kappa shape index (κ1) is 14.2. The predicted octanol–water partition coefficient (Wildman–Crippen LogP) is 2.94. The van der Waals surface area contributed by atoms with E-state index in [0.717, 1.165) is 29.4 Å². The van der Waals surface area contributed by atoms with Crippen molar-refractivity contribution < 1.29 is 9.47 Å². The fourth-order valence-corrected chi connectivity index (χ4v) is 5.33. The molecule has 106 valence electrons. The van der Waals surface area contributed by atoms with E-state index in [-0.39, 0.29) is 5.43 Å². The molecule has 2 aromatic carbocycles. The Kier molecular flexibility index (Phi) is 4.01.